The van der Waals surface area contributed by atoms with E-state index in [9.17, 15) is 45.2 Å². The number of hydrogen-bond donors (Lipinski definition) is 8. The number of aromatic amines is 1. The third-order valence-corrected chi connectivity index (χ3v) is 12.2. The van der Waals surface area contributed by atoms with Crippen molar-refractivity contribution in [1.29, 1.82) is 0 Å². The third kappa shape index (κ3) is 21.2. The molecule has 0 fully saturated rings. The van der Waals surface area contributed by atoms with Gasteiger partial charge in [-0.3, -0.25) is 23.9 Å². The molecule has 1 aliphatic rings. The van der Waals surface area contributed by atoms with Crippen LogP contribution in [0, 0.1) is 26.6 Å². The van der Waals surface area contributed by atoms with Crippen molar-refractivity contribution in [2.45, 2.75) is 66.5 Å². The summed E-state index contributed by atoms with van der Waals surface area (Å²) in [5.41, 5.74) is 4.61. The second-order valence-electron chi connectivity index (χ2n) is 16.6. The highest BCUT2D eigenvalue weighted by Gasteiger charge is 2.33. The normalized spacial score (nSPS) is 11.6. The number of aliphatic hydroxyl groups is 1. The van der Waals surface area contributed by atoms with Gasteiger partial charge in [-0.05, 0) is 131 Å². The molecule has 0 aliphatic carbocycles. The van der Waals surface area contributed by atoms with E-state index in [1.54, 1.807) is 54.6 Å². The van der Waals surface area contributed by atoms with Crippen molar-refractivity contribution in [3.05, 3.63) is 159 Å². The topological polar surface area (TPSA) is 278 Å². The predicted octanol–water partition coefficient (Wildman–Crippen LogP) is 10.6. The van der Waals surface area contributed by atoms with Gasteiger partial charge in [-0.1, -0.05) is 57.5 Å². The number of hydrogen-bond acceptors (Lipinski definition) is 12. The summed E-state index contributed by atoms with van der Waals surface area (Å²) in [6.07, 6.45) is -0.409. The quantitative estimate of drug-likeness (QED) is 0.0287. The largest absolute Gasteiger partial charge is 0.457 e. The summed E-state index contributed by atoms with van der Waals surface area (Å²) in [5.74, 6) is -0.376. The van der Waals surface area contributed by atoms with Gasteiger partial charge in [0, 0.05) is 73.0 Å². The van der Waals surface area contributed by atoms with Crippen LogP contribution in [0.4, 0.5) is 39.4 Å². The lowest BCUT2D eigenvalue weighted by Crippen LogP contribution is -2.35. The van der Waals surface area contributed by atoms with Crippen LogP contribution in [-0.2, 0) is 30.7 Å². The standard InChI is InChI=1S/C22H27FN4O2.C21H16ClF3N4O3.C7H8O3S.C3H8O.CO2.CH4/c1-5-27(6-2)10-9-24-22(29)20-13(3)19(25-14(20)4)12-17-16-11-15(23)7-8-18(16)26-21(17)28;1-26-19(30)18-11-15(8-9-27-18)32-14-5-2-12(3-6-14)28-20(31)29-13-4-7-17(22)16(10-13)21(23,24)25;1-6-2-4-7(5-3-6)11(8,9)10;1-2-3-4;2-1-3;/h7-8,11-12,25H,5-6,9-10H2,1-4H3,(H,24,29)(H,26,28);2-11H,1H3,(H,26,30)(H2,28,29,31);2-5H,1H3,(H,8,9,10);4H,2-3H2,1H3;;1H4/b17-12-;;;;;. The SMILES string of the molecule is C.CCCO.CCN(CC)CCNC(=O)c1c(C)[nH]c(/C=C2\C(=O)Nc3ccc(F)cc32)c1C.CNC(=O)c1cc(Oc2ccc(NC(=O)Nc3ccc(Cl)c(C(F)(F)F)c3)cc2)ccn1.Cc1ccc(S(=O)(=O)O)cc1.O=C=O. The fourth-order valence-corrected chi connectivity index (χ4v) is 7.66. The average molecular weight is 1160 g/mol. The summed E-state index contributed by atoms with van der Waals surface area (Å²) in [5, 5.41) is 20.4. The molecule has 0 bridgehead atoms. The van der Waals surface area contributed by atoms with Gasteiger partial charge in [-0.15, -0.1) is 0 Å². The Morgan fingerprint density at radius 2 is 1.46 bits per heavy atom. The van der Waals surface area contributed by atoms with E-state index < -0.39 is 38.7 Å². The Hall–Kier alpha value is -8.25. The summed E-state index contributed by atoms with van der Waals surface area (Å²) in [6, 6.07) is 21.8. The van der Waals surface area contributed by atoms with Crippen molar-refractivity contribution >= 4 is 80.3 Å². The predicted molar refractivity (Wildman–Crippen MR) is 297 cm³/mol. The van der Waals surface area contributed by atoms with Crippen molar-refractivity contribution in [2.24, 2.45) is 0 Å². The second-order valence-corrected chi connectivity index (χ2v) is 18.4. The zero-order valence-corrected chi connectivity index (χ0v) is 45.5. The smallest absolute Gasteiger partial charge is 0.417 e. The van der Waals surface area contributed by atoms with Gasteiger partial charge < -0.3 is 46.3 Å². The maximum absolute atomic E-state index is 13.7. The zero-order chi connectivity index (χ0) is 59.0. The molecule has 2 aromatic heterocycles. The van der Waals surface area contributed by atoms with Gasteiger partial charge in [0.1, 0.15) is 23.0 Å². The first-order chi connectivity index (χ1) is 37.3. The summed E-state index contributed by atoms with van der Waals surface area (Å²) >= 11 is 5.57. The number of ether oxygens (including phenoxy) is 1. The van der Waals surface area contributed by atoms with E-state index in [1.165, 1.54) is 49.6 Å². The number of rotatable bonds is 14. The minimum absolute atomic E-state index is 0. The molecule has 430 valence electrons. The Morgan fingerprint density at radius 1 is 0.863 bits per heavy atom. The third-order valence-electron chi connectivity index (χ3n) is 11.0. The summed E-state index contributed by atoms with van der Waals surface area (Å²) in [6.45, 7) is 15.2. The highest BCUT2D eigenvalue weighted by atomic mass is 35.5. The molecule has 4 aromatic carbocycles. The van der Waals surface area contributed by atoms with Crippen molar-refractivity contribution < 1.29 is 69.1 Å². The number of alkyl halides is 3. The lowest BCUT2D eigenvalue weighted by molar-refractivity contribution is -0.191. The van der Waals surface area contributed by atoms with Crippen molar-refractivity contribution in [3.8, 4) is 11.5 Å². The molecule has 6 aromatic rings. The zero-order valence-electron chi connectivity index (χ0n) is 43.9. The van der Waals surface area contributed by atoms with E-state index in [0.717, 1.165) is 55.0 Å². The number of nitrogens with zero attached hydrogens (tertiary/aromatic N) is 2. The first kappa shape index (κ1) is 67.9. The number of halogens is 5. The summed E-state index contributed by atoms with van der Waals surface area (Å²) in [7, 11) is -2.53. The number of likely N-dealkylation sites (N-methyl/N-ethyl adjacent to an activating group) is 1. The number of aliphatic hydroxyl groups excluding tert-OH is 1. The van der Waals surface area contributed by atoms with E-state index >= 15 is 0 Å². The molecule has 1 aliphatic heterocycles. The fourth-order valence-electron chi connectivity index (χ4n) is 6.96. The molecule has 7 rings (SSSR count). The molecule has 0 spiro atoms. The average Bonchev–Trinajstić information content (AvgIpc) is 3.89. The van der Waals surface area contributed by atoms with E-state index in [4.69, 9.17) is 35.6 Å². The van der Waals surface area contributed by atoms with E-state index in [2.05, 4.69) is 55.3 Å². The second kappa shape index (κ2) is 32.6. The number of carbonyl (C=O) groups is 4. The lowest BCUT2D eigenvalue weighted by atomic mass is 10.0. The fraction of sp³-hybridized carbons (Fsp3) is 0.273. The van der Waals surface area contributed by atoms with E-state index in [1.807, 2.05) is 27.7 Å². The van der Waals surface area contributed by atoms with Gasteiger partial charge in [0.15, 0.2) is 0 Å². The van der Waals surface area contributed by atoms with Gasteiger partial charge in [-0.2, -0.15) is 31.2 Å². The number of aromatic nitrogens is 2. The van der Waals surface area contributed by atoms with Crippen molar-refractivity contribution in [2.75, 3.05) is 55.8 Å². The van der Waals surface area contributed by atoms with Crippen LogP contribution in [0.2, 0.25) is 5.02 Å². The highest BCUT2D eigenvalue weighted by molar-refractivity contribution is 7.85. The molecule has 19 nitrogen and oxygen atoms in total. The first-order valence-electron chi connectivity index (χ1n) is 23.9. The van der Waals surface area contributed by atoms with Crippen LogP contribution in [0.1, 0.15) is 89.1 Å². The number of H-pyrrole nitrogens is 1. The summed E-state index contributed by atoms with van der Waals surface area (Å²) < 4.78 is 87.7. The highest BCUT2D eigenvalue weighted by Crippen LogP contribution is 2.37. The molecule has 0 saturated heterocycles. The Morgan fingerprint density at radius 3 is 2.02 bits per heavy atom. The maximum atomic E-state index is 13.7. The molecule has 25 heteroatoms. The van der Waals surface area contributed by atoms with Gasteiger partial charge in [0.05, 0.1) is 26.6 Å². The molecule has 0 unspecified atom stereocenters. The molecule has 8 N–H and O–H groups in total. The van der Waals surface area contributed by atoms with Gasteiger partial charge >= 0.3 is 18.4 Å². The molecule has 0 radical (unpaired) electrons. The molecule has 5 amide bonds. The summed E-state index contributed by atoms with van der Waals surface area (Å²) in [4.78, 5) is 74.4. The Labute approximate surface area is 465 Å². The molecule has 80 heavy (non-hydrogen) atoms. The lowest BCUT2D eigenvalue weighted by Gasteiger charge is -2.18. The molecule has 0 saturated carbocycles. The van der Waals surface area contributed by atoms with Crippen molar-refractivity contribution in [3.63, 3.8) is 0 Å². The van der Waals surface area contributed by atoms with Crippen LogP contribution in [0.5, 0.6) is 11.5 Å². The minimum atomic E-state index is -4.64. The number of amides is 5. The minimum Gasteiger partial charge on any atom is -0.457 e. The van der Waals surface area contributed by atoms with Gasteiger partial charge in [0.25, 0.3) is 27.8 Å². The number of nitrogens with one attached hydrogen (secondary N) is 6. The molecular weight excluding hydrogens is 1090 g/mol. The number of benzene rings is 4. The Bertz CT molecular complexity index is 3220. The van der Waals surface area contributed by atoms with Gasteiger partial charge in [0.2, 0.25) is 0 Å². The van der Waals surface area contributed by atoms with E-state index in [0.29, 0.717) is 58.4 Å². The number of aryl methyl sites for hydroxylation is 2. The monoisotopic (exact) mass is 1150 g/mol. The van der Waals surface area contributed by atoms with Crippen LogP contribution in [0.25, 0.3) is 11.6 Å². The first-order valence-corrected chi connectivity index (χ1v) is 25.7. The van der Waals surface area contributed by atoms with Crippen LogP contribution in [0.15, 0.2) is 108 Å². The van der Waals surface area contributed by atoms with Crippen LogP contribution in [0.3, 0.4) is 0 Å². The Kier molecular flexibility index (Phi) is 27.7. The molecular formula is C55H63ClF4N8O11S. The number of fused-ring (bicyclic) bond motifs is 1. The van der Waals surface area contributed by atoms with Crippen molar-refractivity contribution in [1.82, 2.24) is 25.5 Å². The van der Waals surface area contributed by atoms with Crippen LogP contribution < -0.4 is 31.3 Å². The number of carbonyl (C=O) groups excluding carboxylic acids is 6. The molecule has 3 heterocycles. The number of pyridine rings is 1. The van der Waals surface area contributed by atoms with E-state index in [-0.39, 0.29) is 47.6 Å². The Balaban J connectivity index is 0.000000416. The van der Waals surface area contributed by atoms with Gasteiger partial charge in [-0.25, -0.2) is 9.18 Å². The van der Waals surface area contributed by atoms with Crippen LogP contribution >= 0.6 is 11.6 Å². The molecule has 0 atom stereocenters. The maximum Gasteiger partial charge on any atom is 0.417 e. The number of anilines is 3. The van der Waals surface area contributed by atoms with Crippen LogP contribution in [-0.4, -0.2) is 103 Å². The number of urea groups is 1.